The average Bonchev–Trinajstić information content (AvgIpc) is 2.50. The van der Waals surface area contributed by atoms with Gasteiger partial charge in [0.1, 0.15) is 0 Å². The predicted octanol–water partition coefficient (Wildman–Crippen LogP) is 5.14. The SMILES string of the molecule is CCCCCCCCCCCCCCCCCCO[SH](=O)=O.[NaH]. The van der Waals surface area contributed by atoms with E-state index in [0.717, 1.165) is 12.8 Å². The van der Waals surface area contributed by atoms with E-state index >= 15 is 0 Å². The van der Waals surface area contributed by atoms with E-state index in [1.165, 1.54) is 89.9 Å². The molecule has 3 nitrogen and oxygen atoms in total. The Hall–Kier alpha value is 0.910. The van der Waals surface area contributed by atoms with Crippen LogP contribution in [-0.2, 0) is 15.2 Å². The molecule has 0 unspecified atom stereocenters. The van der Waals surface area contributed by atoms with E-state index in [1.54, 1.807) is 0 Å². The van der Waals surface area contributed by atoms with E-state index in [0.29, 0.717) is 6.61 Å². The summed E-state index contributed by atoms with van der Waals surface area (Å²) in [7, 11) is -2.64. The van der Waals surface area contributed by atoms with Crippen LogP contribution in [-0.4, -0.2) is 44.6 Å². The molecule has 5 heteroatoms. The molecule has 0 aromatic heterocycles. The van der Waals surface area contributed by atoms with Gasteiger partial charge in [-0.2, -0.15) is 0 Å². The molecule has 0 aliphatic carbocycles. The molecular formula is C18H39NaO3S. The van der Waals surface area contributed by atoms with Crippen LogP contribution in [0.25, 0.3) is 0 Å². The Morgan fingerprint density at radius 2 is 0.870 bits per heavy atom. The fraction of sp³-hybridized carbons (Fsp3) is 1.00. The van der Waals surface area contributed by atoms with E-state index in [2.05, 4.69) is 11.1 Å². The Morgan fingerprint density at radius 1 is 0.565 bits per heavy atom. The third kappa shape index (κ3) is 25.3. The molecule has 0 bridgehead atoms. The molecule has 0 saturated heterocycles. The van der Waals surface area contributed by atoms with Crippen molar-refractivity contribution in [3.8, 4) is 0 Å². The van der Waals surface area contributed by atoms with Gasteiger partial charge in [0, 0.05) is 0 Å². The van der Waals surface area contributed by atoms with Crippen molar-refractivity contribution >= 4 is 40.5 Å². The van der Waals surface area contributed by atoms with E-state index in [-0.39, 0.29) is 29.6 Å². The van der Waals surface area contributed by atoms with Gasteiger partial charge in [0.15, 0.2) is 0 Å². The van der Waals surface area contributed by atoms with Gasteiger partial charge < -0.3 is 0 Å². The molecule has 0 fully saturated rings. The number of rotatable bonds is 18. The van der Waals surface area contributed by atoms with Crippen molar-refractivity contribution in [2.45, 2.75) is 110 Å². The second kappa shape index (κ2) is 22.9. The van der Waals surface area contributed by atoms with E-state index in [1.807, 2.05) is 0 Å². The van der Waals surface area contributed by atoms with Crippen molar-refractivity contribution in [2.75, 3.05) is 6.61 Å². The summed E-state index contributed by atoms with van der Waals surface area (Å²) in [4.78, 5) is 0. The zero-order valence-electron chi connectivity index (χ0n) is 14.7. The Kier molecular flexibility index (Phi) is 26.0. The summed E-state index contributed by atoms with van der Waals surface area (Å²) in [6, 6.07) is 0. The average molecular weight is 359 g/mol. The maximum absolute atomic E-state index is 10.2. The molecule has 0 spiro atoms. The Bertz CT molecular complexity index is 275. The standard InChI is InChI=1S/C18H38O3S.Na.H/c1-2-3-4-5-6-7-8-9-10-11-12-13-14-15-16-17-18-21-22(19)20;;/h22H,2-18H2,1H3;;. The van der Waals surface area contributed by atoms with Crippen LogP contribution in [0, 0.1) is 0 Å². The number of thiol groups is 1. The van der Waals surface area contributed by atoms with Gasteiger partial charge in [0.25, 0.3) is 11.0 Å². The van der Waals surface area contributed by atoms with Crippen molar-refractivity contribution in [1.29, 1.82) is 0 Å². The molecule has 0 amide bonds. The number of hydrogen-bond acceptors (Lipinski definition) is 3. The fourth-order valence-electron chi connectivity index (χ4n) is 2.79. The molecule has 0 saturated carbocycles. The molecule has 0 aliphatic rings. The predicted molar refractivity (Wildman–Crippen MR) is 103 cm³/mol. The van der Waals surface area contributed by atoms with Gasteiger partial charge in [0.2, 0.25) is 0 Å². The number of hydrogen-bond donors (Lipinski definition) is 1. The monoisotopic (exact) mass is 358 g/mol. The molecule has 0 N–H and O–H groups in total. The molecule has 0 heterocycles. The summed E-state index contributed by atoms with van der Waals surface area (Å²) in [5.74, 6) is 0. The first kappa shape index (κ1) is 26.1. The molecule has 136 valence electrons. The molecule has 0 aromatic carbocycles. The van der Waals surface area contributed by atoms with Crippen molar-refractivity contribution in [3.63, 3.8) is 0 Å². The zero-order chi connectivity index (χ0) is 16.3. The van der Waals surface area contributed by atoms with Crippen LogP contribution in [0.3, 0.4) is 0 Å². The molecule has 0 radical (unpaired) electrons. The van der Waals surface area contributed by atoms with E-state index in [9.17, 15) is 8.42 Å². The topological polar surface area (TPSA) is 43.4 Å². The van der Waals surface area contributed by atoms with Gasteiger partial charge in [-0.1, -0.05) is 103 Å². The minimum atomic E-state index is -2.64. The number of unbranched alkanes of at least 4 members (excludes halogenated alkanes) is 15. The van der Waals surface area contributed by atoms with Crippen molar-refractivity contribution in [3.05, 3.63) is 0 Å². The Labute approximate surface area is 168 Å². The van der Waals surface area contributed by atoms with Crippen molar-refractivity contribution < 1.29 is 12.6 Å². The normalized spacial score (nSPS) is 10.9. The summed E-state index contributed by atoms with van der Waals surface area (Å²) in [6.45, 7) is 2.63. The maximum atomic E-state index is 10.2. The third-order valence-corrected chi connectivity index (χ3v) is 4.59. The zero-order valence-corrected chi connectivity index (χ0v) is 15.6. The van der Waals surface area contributed by atoms with Gasteiger partial charge in [-0.15, -0.1) is 0 Å². The van der Waals surface area contributed by atoms with E-state index < -0.39 is 11.0 Å². The Morgan fingerprint density at radius 3 is 1.17 bits per heavy atom. The molecular weight excluding hydrogens is 319 g/mol. The summed E-state index contributed by atoms with van der Waals surface area (Å²) in [6.07, 6.45) is 21.2. The van der Waals surface area contributed by atoms with Gasteiger partial charge in [-0.25, -0.2) is 8.42 Å². The summed E-state index contributed by atoms with van der Waals surface area (Å²) in [5.41, 5.74) is 0. The van der Waals surface area contributed by atoms with Crippen molar-refractivity contribution in [2.24, 2.45) is 0 Å². The second-order valence-corrected chi connectivity index (χ2v) is 7.07. The quantitative estimate of drug-likeness (QED) is 0.209. The fourth-order valence-corrected chi connectivity index (χ4v) is 3.07. The molecule has 0 atom stereocenters. The third-order valence-electron chi connectivity index (χ3n) is 4.19. The van der Waals surface area contributed by atoms with Crippen LogP contribution in [0.1, 0.15) is 110 Å². The van der Waals surface area contributed by atoms with Crippen LogP contribution in [0.4, 0.5) is 0 Å². The molecule has 0 aliphatic heterocycles. The van der Waals surface area contributed by atoms with Gasteiger partial charge in [0.05, 0.1) is 6.61 Å². The summed E-state index contributed by atoms with van der Waals surface area (Å²) < 4.78 is 24.9. The first-order chi connectivity index (χ1) is 10.8. The summed E-state index contributed by atoms with van der Waals surface area (Å²) in [5, 5.41) is 0. The molecule has 0 aromatic rings. The van der Waals surface area contributed by atoms with Gasteiger partial charge >= 0.3 is 29.6 Å². The summed E-state index contributed by atoms with van der Waals surface area (Å²) >= 11 is 0. The second-order valence-electron chi connectivity index (χ2n) is 6.36. The van der Waals surface area contributed by atoms with Gasteiger partial charge in [-0.3, -0.25) is 4.18 Å². The molecule has 0 rings (SSSR count). The van der Waals surface area contributed by atoms with Crippen LogP contribution >= 0.6 is 0 Å². The van der Waals surface area contributed by atoms with Crippen LogP contribution in [0.2, 0.25) is 0 Å². The first-order valence-corrected chi connectivity index (χ1v) is 10.6. The van der Waals surface area contributed by atoms with Crippen LogP contribution in [0.15, 0.2) is 0 Å². The van der Waals surface area contributed by atoms with E-state index in [4.69, 9.17) is 0 Å². The molecule has 23 heavy (non-hydrogen) atoms. The van der Waals surface area contributed by atoms with Crippen LogP contribution < -0.4 is 0 Å². The first-order valence-electron chi connectivity index (χ1n) is 9.54. The minimum absolute atomic E-state index is 0. The van der Waals surface area contributed by atoms with Crippen molar-refractivity contribution in [1.82, 2.24) is 0 Å². The Balaban J connectivity index is 0. The van der Waals surface area contributed by atoms with Crippen LogP contribution in [0.5, 0.6) is 0 Å². The van der Waals surface area contributed by atoms with Gasteiger partial charge in [-0.05, 0) is 6.42 Å².